The fourth-order valence-electron chi connectivity index (χ4n) is 6.58. The first-order valence-electron chi connectivity index (χ1n) is 19.2. The van der Waals surface area contributed by atoms with Gasteiger partial charge in [-0.3, -0.25) is 28.8 Å². The molecule has 14 heteroatoms. The summed E-state index contributed by atoms with van der Waals surface area (Å²) < 4.78 is 4.82. The molecule has 0 saturated heterocycles. The molecule has 2 heterocycles. The molecule has 2 amide bonds. The van der Waals surface area contributed by atoms with E-state index >= 15 is 0 Å². The maximum Gasteiger partial charge on any atom is 0.328 e. The molecule has 2 aliphatic heterocycles. The lowest BCUT2D eigenvalue weighted by molar-refractivity contribution is -0.144. The lowest BCUT2D eigenvalue weighted by Gasteiger charge is -2.26. The van der Waals surface area contributed by atoms with Gasteiger partial charge in [-0.1, -0.05) is 75.5 Å². The molecule has 0 aromatic heterocycles. The lowest BCUT2D eigenvalue weighted by Crippen LogP contribution is -2.43. The van der Waals surface area contributed by atoms with E-state index in [9.17, 15) is 54.0 Å². The van der Waals surface area contributed by atoms with Crippen molar-refractivity contribution in [3.8, 4) is 5.75 Å². The van der Waals surface area contributed by atoms with Crippen LogP contribution in [-0.2, 0) is 23.9 Å². The fraction of sp³-hybridized carbons (Fsp3) is 0.400. The molecule has 0 unspecified atom stereocenters. The average molecular weight is 815 g/mol. The first-order chi connectivity index (χ1) is 27.7. The number of hydrogen-bond acceptors (Lipinski definition) is 12. The van der Waals surface area contributed by atoms with Gasteiger partial charge in [-0.2, -0.15) is 0 Å². The third-order valence-electron chi connectivity index (χ3n) is 10.2. The highest BCUT2D eigenvalue weighted by molar-refractivity contribution is 6.32. The van der Waals surface area contributed by atoms with Crippen molar-refractivity contribution in [2.75, 3.05) is 7.11 Å². The Morgan fingerprint density at radius 1 is 0.847 bits per heavy atom. The van der Waals surface area contributed by atoms with Crippen molar-refractivity contribution in [1.29, 1.82) is 0 Å². The number of carbonyl (C=O) groups excluding carboxylic acids is 7. The van der Waals surface area contributed by atoms with Gasteiger partial charge in [-0.05, 0) is 50.0 Å². The van der Waals surface area contributed by atoms with Crippen LogP contribution in [-0.4, -0.2) is 92.8 Å². The number of carbonyl (C=O) groups is 7. The number of methoxy groups -OCH3 is 1. The molecule has 1 aliphatic carbocycles. The van der Waals surface area contributed by atoms with Crippen LogP contribution in [0.25, 0.3) is 0 Å². The van der Waals surface area contributed by atoms with Crippen molar-refractivity contribution in [1.82, 2.24) is 10.6 Å². The fourth-order valence-corrected chi connectivity index (χ4v) is 6.58. The molecule has 0 saturated carbocycles. The SMILES string of the molecule is COC(=O)[C@H](CC1=C2NC(=O)\C=C/C=C\C=C\[C@H](C)[C@@H](O)CC(=O)/C(C)=C/C[C@H](O)/C=C/[C@H](C)[C@H](O)[C@@H](C)/C=C(\C)C(=O)c3c(O)c(C)cc(c3C1=O)C2=O)NC(C)=O. The number of esters is 1. The van der Waals surface area contributed by atoms with Crippen LogP contribution < -0.4 is 10.6 Å². The van der Waals surface area contributed by atoms with E-state index in [-0.39, 0.29) is 35.3 Å². The highest BCUT2D eigenvalue weighted by Gasteiger charge is 2.40. The van der Waals surface area contributed by atoms with Gasteiger partial charge < -0.3 is 35.8 Å². The summed E-state index contributed by atoms with van der Waals surface area (Å²) >= 11 is 0. The molecule has 0 spiro atoms. The van der Waals surface area contributed by atoms with E-state index in [0.29, 0.717) is 5.57 Å². The van der Waals surface area contributed by atoms with Crippen molar-refractivity contribution in [2.45, 2.75) is 92.1 Å². The molecule has 6 N–H and O–H groups in total. The minimum atomic E-state index is -1.50. The number of aliphatic hydroxyl groups is 3. The molecule has 1 aromatic rings. The number of allylic oxidation sites excluding steroid dienone is 7. The van der Waals surface area contributed by atoms with Gasteiger partial charge in [-0.15, -0.1) is 0 Å². The van der Waals surface area contributed by atoms with Gasteiger partial charge in [0.25, 0.3) is 0 Å². The van der Waals surface area contributed by atoms with Crippen molar-refractivity contribution < 1.29 is 58.7 Å². The van der Waals surface area contributed by atoms with Gasteiger partial charge >= 0.3 is 5.97 Å². The summed E-state index contributed by atoms with van der Waals surface area (Å²) in [6.45, 7) is 10.6. The molecular weight excluding hydrogens is 760 g/mol. The van der Waals surface area contributed by atoms with Gasteiger partial charge in [0.2, 0.25) is 17.6 Å². The number of phenols is 1. The van der Waals surface area contributed by atoms with Crippen LogP contribution in [0.1, 0.15) is 97.4 Å². The lowest BCUT2D eigenvalue weighted by atomic mass is 9.79. The number of nitrogens with one attached hydrogen (secondary N) is 2. The number of rotatable bonds is 4. The molecule has 59 heavy (non-hydrogen) atoms. The van der Waals surface area contributed by atoms with Gasteiger partial charge in [-0.25, -0.2) is 4.79 Å². The van der Waals surface area contributed by atoms with Crippen LogP contribution in [0.2, 0.25) is 0 Å². The van der Waals surface area contributed by atoms with Crippen molar-refractivity contribution in [3.05, 3.63) is 111 Å². The maximum absolute atomic E-state index is 14.5. The third-order valence-corrected chi connectivity index (χ3v) is 10.2. The van der Waals surface area contributed by atoms with Crippen LogP contribution in [0.5, 0.6) is 5.75 Å². The normalized spacial score (nSPS) is 28.7. The van der Waals surface area contributed by atoms with Crippen LogP contribution in [0.15, 0.2) is 89.2 Å². The molecular formula is C45H54N2O12. The number of phenolic OH excluding ortho intramolecular Hbond substituents is 1. The van der Waals surface area contributed by atoms with E-state index in [4.69, 9.17) is 4.74 Å². The second-order valence-corrected chi connectivity index (χ2v) is 15.0. The molecule has 7 atom stereocenters. The van der Waals surface area contributed by atoms with Crippen molar-refractivity contribution >= 4 is 40.9 Å². The summed E-state index contributed by atoms with van der Waals surface area (Å²) in [6.07, 6.45) is 11.0. The smallest absolute Gasteiger partial charge is 0.328 e. The number of fused-ring (bicyclic) bond motifs is 18. The summed E-state index contributed by atoms with van der Waals surface area (Å²) in [7, 11) is 1.05. The molecule has 316 valence electrons. The Morgan fingerprint density at radius 3 is 2.15 bits per heavy atom. The number of Topliss-reactive ketones (excluding diaryl/α,β-unsaturated/α-hetero) is 4. The van der Waals surface area contributed by atoms with Gasteiger partial charge in [0.15, 0.2) is 17.3 Å². The van der Waals surface area contributed by atoms with Gasteiger partial charge in [0.1, 0.15) is 11.8 Å². The van der Waals surface area contributed by atoms with Crippen LogP contribution in [0.4, 0.5) is 0 Å². The molecule has 3 aliphatic rings. The molecule has 4 rings (SSSR count). The predicted molar refractivity (Wildman–Crippen MR) is 219 cm³/mol. The number of aliphatic hydroxyl groups excluding tert-OH is 3. The van der Waals surface area contributed by atoms with E-state index in [2.05, 4.69) is 10.6 Å². The van der Waals surface area contributed by atoms with Crippen LogP contribution >= 0.6 is 0 Å². The highest BCUT2D eigenvalue weighted by atomic mass is 16.5. The second kappa shape index (κ2) is 21.3. The summed E-state index contributed by atoms with van der Waals surface area (Å²) in [6, 6.07) is -0.291. The average Bonchev–Trinajstić information content (AvgIpc) is 3.18. The molecule has 0 fully saturated rings. The molecule has 4 bridgehead atoms. The first kappa shape index (κ1) is 47.5. The Kier molecular flexibility index (Phi) is 17.1. The summed E-state index contributed by atoms with van der Waals surface area (Å²) in [4.78, 5) is 93.9. The Hall–Kier alpha value is -5.83. The number of benzene rings is 1. The number of aromatic hydroxyl groups is 1. The topological polar surface area (TPSA) is 234 Å². The molecule has 0 radical (unpaired) electrons. The number of hydrogen-bond donors (Lipinski definition) is 6. The largest absolute Gasteiger partial charge is 0.507 e. The number of ketones is 4. The summed E-state index contributed by atoms with van der Waals surface area (Å²) in [5, 5.41) is 48.5. The monoisotopic (exact) mass is 814 g/mol. The van der Waals surface area contributed by atoms with Crippen molar-refractivity contribution in [2.24, 2.45) is 17.8 Å². The summed E-state index contributed by atoms with van der Waals surface area (Å²) in [5.41, 5.74) is -1.81. The van der Waals surface area contributed by atoms with E-state index in [1.54, 1.807) is 58.1 Å². The van der Waals surface area contributed by atoms with Crippen molar-refractivity contribution in [3.63, 3.8) is 0 Å². The summed E-state index contributed by atoms with van der Waals surface area (Å²) in [5.74, 6) is -7.77. The van der Waals surface area contributed by atoms with Gasteiger partial charge in [0.05, 0.1) is 36.7 Å². The van der Waals surface area contributed by atoms with E-state index in [1.807, 2.05) is 0 Å². The number of amides is 2. The molecule has 14 nitrogen and oxygen atoms in total. The Labute approximate surface area is 343 Å². The second-order valence-electron chi connectivity index (χ2n) is 15.0. The third kappa shape index (κ3) is 12.3. The van der Waals surface area contributed by atoms with Crippen LogP contribution in [0, 0.1) is 24.7 Å². The van der Waals surface area contributed by atoms with Gasteiger partial charge in [0, 0.05) is 60.3 Å². The Balaban J connectivity index is 2.22. The Morgan fingerprint density at radius 2 is 1.51 bits per heavy atom. The predicted octanol–water partition coefficient (Wildman–Crippen LogP) is 4.17. The number of aryl methyl sites for hydroxylation is 1. The minimum Gasteiger partial charge on any atom is -0.507 e. The first-order valence-corrected chi connectivity index (χ1v) is 19.2. The van der Waals surface area contributed by atoms with Crippen LogP contribution in [0.3, 0.4) is 0 Å². The zero-order chi connectivity index (χ0) is 44.3. The van der Waals surface area contributed by atoms with E-state index < -0.39 is 112 Å². The zero-order valence-electron chi connectivity index (χ0n) is 34.6. The quantitative estimate of drug-likeness (QED) is 0.186. The zero-order valence-corrected chi connectivity index (χ0v) is 34.6. The number of ether oxygens (including phenoxy) is 1. The standard InChI is InChI=1S/C45H54N2O12/c1-23-13-11-9-10-12-14-36(52)47-39-32(21-33(45(58)59-8)46-29(7)48)43(56)37-31(44(39)57)20-28(6)42(55)38(37)41(54)27(5)19-26(4)40(53)25(3)16-18-30(49)17-15-24(2)35(51)22-34(23)50/h9-16,18-20,23,25-26,30,33-34,40,49-50,53,55H,17,21-22H2,1-8H3,(H,46,48)(H,47,52)/b10-9-,13-11+,14-12-,18-16+,24-15+,27-19+/t23-,25-,26-,30-,33-,34-,40-/m0/s1. The molecule has 1 aromatic carbocycles. The minimum absolute atomic E-state index is 0.00760. The maximum atomic E-state index is 14.5. The van der Waals surface area contributed by atoms with E-state index in [1.165, 1.54) is 44.2 Å². The van der Waals surface area contributed by atoms with E-state index in [0.717, 1.165) is 20.1 Å². The highest BCUT2D eigenvalue weighted by Crippen LogP contribution is 2.38. The Bertz CT molecular complexity index is 2080.